The molecule has 28 heavy (non-hydrogen) atoms. The van der Waals surface area contributed by atoms with E-state index in [4.69, 9.17) is 0 Å². The largest absolute Gasteiger partial charge is 0.353 e. The molecule has 142 valence electrons. The van der Waals surface area contributed by atoms with Gasteiger partial charge in [-0.2, -0.15) is 0 Å². The van der Waals surface area contributed by atoms with E-state index in [1.165, 1.54) is 0 Å². The van der Waals surface area contributed by atoms with Gasteiger partial charge >= 0.3 is 0 Å². The fourth-order valence-electron chi connectivity index (χ4n) is 3.44. The van der Waals surface area contributed by atoms with Gasteiger partial charge in [-0.1, -0.05) is 54.6 Å². The number of nitrogens with one attached hydrogen (secondary N) is 2. The molecule has 0 bridgehead atoms. The normalized spacial score (nSPS) is 11.8. The third kappa shape index (κ3) is 3.35. The minimum atomic E-state index is -3.69. The van der Waals surface area contributed by atoms with E-state index in [-0.39, 0.29) is 0 Å². The Bertz CT molecular complexity index is 1200. The van der Waals surface area contributed by atoms with Crippen LogP contribution in [0.15, 0.2) is 88.7 Å². The third-order valence-electron chi connectivity index (χ3n) is 4.86. The predicted octanol–water partition coefficient (Wildman–Crippen LogP) is 4.43. The Balaban J connectivity index is 2.00. The lowest BCUT2D eigenvalue weighted by molar-refractivity contribution is 0.597. The number of hydrogen-bond donors (Lipinski definition) is 2. The number of rotatable bonds is 6. The van der Waals surface area contributed by atoms with Gasteiger partial charge in [-0.05, 0) is 55.4 Å². The highest BCUT2D eigenvalue weighted by Crippen LogP contribution is 2.37. The van der Waals surface area contributed by atoms with Crippen LogP contribution in [0.2, 0.25) is 0 Å². The van der Waals surface area contributed by atoms with Crippen LogP contribution in [0.1, 0.15) is 5.56 Å². The minimum absolute atomic E-state index is 0.300. The van der Waals surface area contributed by atoms with Crippen molar-refractivity contribution in [2.45, 2.75) is 16.2 Å². The van der Waals surface area contributed by atoms with Crippen LogP contribution >= 0.6 is 0 Å². The molecule has 4 rings (SSSR count). The molecule has 0 aliphatic rings. The molecule has 0 unspecified atom stereocenters. The van der Waals surface area contributed by atoms with E-state index in [0.29, 0.717) is 15.5 Å². The molecule has 3 aromatic carbocycles. The van der Waals surface area contributed by atoms with Gasteiger partial charge in [0, 0.05) is 10.9 Å². The molecule has 0 spiro atoms. The zero-order valence-electron chi connectivity index (χ0n) is 15.6. The van der Waals surface area contributed by atoms with Gasteiger partial charge in [0.2, 0.25) is 9.84 Å². The van der Waals surface area contributed by atoms with Crippen LogP contribution in [0, 0.1) is 0 Å². The number of hydrogen-bond acceptors (Lipinski definition) is 3. The number of benzene rings is 3. The van der Waals surface area contributed by atoms with Crippen LogP contribution in [-0.4, -0.2) is 27.0 Å². The summed E-state index contributed by atoms with van der Waals surface area (Å²) in [5.74, 6) is 0. The number of sulfone groups is 1. The lowest BCUT2D eigenvalue weighted by Gasteiger charge is -2.08. The maximum absolute atomic E-state index is 13.6. The van der Waals surface area contributed by atoms with Gasteiger partial charge in [0.05, 0.1) is 10.6 Å². The highest BCUT2D eigenvalue weighted by Gasteiger charge is 2.27. The van der Waals surface area contributed by atoms with E-state index in [1.807, 2.05) is 61.6 Å². The SMILES string of the molecule is CNCCc1ccc2[nH]c(-c3ccccc3)c(S(=O)(=O)c3ccccc3)c2c1. The van der Waals surface area contributed by atoms with Gasteiger partial charge in [0.1, 0.15) is 4.90 Å². The average molecular weight is 391 g/mol. The molecule has 1 aromatic heterocycles. The van der Waals surface area contributed by atoms with Crippen LogP contribution in [0.4, 0.5) is 0 Å². The molecule has 0 saturated carbocycles. The Kier molecular flexibility index (Phi) is 5.03. The molecule has 0 saturated heterocycles. The van der Waals surface area contributed by atoms with Crippen molar-refractivity contribution in [3.05, 3.63) is 84.4 Å². The van der Waals surface area contributed by atoms with Gasteiger partial charge in [0.15, 0.2) is 0 Å². The lowest BCUT2D eigenvalue weighted by atomic mass is 10.1. The Morgan fingerprint density at radius 1 is 0.893 bits per heavy atom. The summed E-state index contributed by atoms with van der Waals surface area (Å²) in [6.07, 6.45) is 0.836. The average Bonchev–Trinajstić information content (AvgIpc) is 3.13. The first-order valence-electron chi connectivity index (χ1n) is 9.26. The Labute approximate surface area is 165 Å². The van der Waals surface area contributed by atoms with E-state index in [1.54, 1.807) is 24.3 Å². The van der Waals surface area contributed by atoms with Crippen molar-refractivity contribution >= 4 is 20.7 Å². The van der Waals surface area contributed by atoms with Crippen molar-refractivity contribution in [3.8, 4) is 11.3 Å². The second-order valence-electron chi connectivity index (χ2n) is 6.75. The van der Waals surface area contributed by atoms with Gasteiger partial charge < -0.3 is 10.3 Å². The van der Waals surface area contributed by atoms with Crippen LogP contribution in [0.25, 0.3) is 22.2 Å². The molecular formula is C23H22N2O2S. The van der Waals surface area contributed by atoms with Crippen LogP contribution < -0.4 is 5.32 Å². The molecule has 0 atom stereocenters. The summed E-state index contributed by atoms with van der Waals surface area (Å²) in [4.78, 5) is 3.98. The van der Waals surface area contributed by atoms with Crippen LogP contribution in [-0.2, 0) is 16.3 Å². The van der Waals surface area contributed by atoms with Crippen LogP contribution in [0.3, 0.4) is 0 Å². The smallest absolute Gasteiger partial charge is 0.209 e. The monoisotopic (exact) mass is 390 g/mol. The zero-order chi connectivity index (χ0) is 19.6. The second kappa shape index (κ2) is 7.62. The van der Waals surface area contributed by atoms with E-state index < -0.39 is 9.84 Å². The molecule has 0 aliphatic heterocycles. The third-order valence-corrected chi connectivity index (χ3v) is 6.72. The maximum atomic E-state index is 13.6. The van der Waals surface area contributed by atoms with Crippen molar-refractivity contribution in [1.82, 2.24) is 10.3 Å². The first kappa shape index (κ1) is 18.5. The van der Waals surface area contributed by atoms with Crippen molar-refractivity contribution < 1.29 is 8.42 Å². The highest BCUT2D eigenvalue weighted by atomic mass is 32.2. The molecule has 4 aromatic rings. The number of H-pyrrole nitrogens is 1. The van der Waals surface area contributed by atoms with Crippen molar-refractivity contribution in [2.24, 2.45) is 0 Å². The Hall–Kier alpha value is -2.89. The Morgan fingerprint density at radius 2 is 1.57 bits per heavy atom. The second-order valence-corrected chi connectivity index (χ2v) is 8.63. The fraction of sp³-hybridized carbons (Fsp3) is 0.130. The molecule has 0 radical (unpaired) electrons. The molecular weight excluding hydrogens is 368 g/mol. The van der Waals surface area contributed by atoms with Crippen LogP contribution in [0.5, 0.6) is 0 Å². The lowest BCUT2D eigenvalue weighted by Crippen LogP contribution is -2.10. The molecule has 0 amide bonds. The summed E-state index contributed by atoms with van der Waals surface area (Å²) in [6.45, 7) is 0.836. The highest BCUT2D eigenvalue weighted by molar-refractivity contribution is 7.91. The molecule has 1 heterocycles. The van der Waals surface area contributed by atoms with E-state index in [0.717, 1.165) is 35.0 Å². The maximum Gasteiger partial charge on any atom is 0.209 e. The zero-order valence-corrected chi connectivity index (χ0v) is 16.5. The molecule has 0 aliphatic carbocycles. The first-order chi connectivity index (χ1) is 13.6. The summed E-state index contributed by atoms with van der Waals surface area (Å²) < 4.78 is 27.2. The van der Waals surface area contributed by atoms with E-state index >= 15 is 0 Å². The fourth-order valence-corrected chi connectivity index (χ4v) is 5.09. The predicted molar refractivity (Wildman–Crippen MR) is 113 cm³/mol. The van der Waals surface area contributed by atoms with Gasteiger partial charge in [0.25, 0.3) is 0 Å². The first-order valence-corrected chi connectivity index (χ1v) is 10.7. The molecule has 5 heteroatoms. The number of likely N-dealkylation sites (N-methyl/N-ethyl adjacent to an activating group) is 1. The summed E-state index contributed by atoms with van der Waals surface area (Å²) in [7, 11) is -1.77. The topological polar surface area (TPSA) is 62.0 Å². The molecule has 4 nitrogen and oxygen atoms in total. The van der Waals surface area contributed by atoms with Crippen molar-refractivity contribution in [1.29, 1.82) is 0 Å². The Morgan fingerprint density at radius 3 is 2.25 bits per heavy atom. The van der Waals surface area contributed by atoms with E-state index in [2.05, 4.69) is 10.3 Å². The number of aromatic nitrogens is 1. The summed E-state index contributed by atoms with van der Waals surface area (Å²) >= 11 is 0. The van der Waals surface area contributed by atoms with Crippen molar-refractivity contribution in [2.75, 3.05) is 13.6 Å². The van der Waals surface area contributed by atoms with Gasteiger partial charge in [-0.3, -0.25) is 0 Å². The minimum Gasteiger partial charge on any atom is -0.353 e. The van der Waals surface area contributed by atoms with E-state index in [9.17, 15) is 8.42 Å². The summed E-state index contributed by atoms with van der Waals surface area (Å²) in [6, 6.07) is 24.2. The molecule has 0 fully saturated rings. The standard InChI is InChI=1S/C23H22N2O2S/c1-24-15-14-17-12-13-21-20(16-17)23(22(25-21)18-8-4-2-5-9-18)28(26,27)19-10-6-3-7-11-19/h2-13,16,24-25H,14-15H2,1H3. The molecule has 2 N–H and O–H groups in total. The van der Waals surface area contributed by atoms with Crippen molar-refractivity contribution in [3.63, 3.8) is 0 Å². The summed E-state index contributed by atoms with van der Waals surface area (Å²) in [5, 5.41) is 3.87. The number of aromatic amines is 1. The van der Waals surface area contributed by atoms with Gasteiger partial charge in [-0.15, -0.1) is 0 Å². The summed E-state index contributed by atoms with van der Waals surface area (Å²) in [5.41, 5.74) is 3.40. The quantitative estimate of drug-likeness (QED) is 0.512. The number of fused-ring (bicyclic) bond motifs is 1. The van der Waals surface area contributed by atoms with Gasteiger partial charge in [-0.25, -0.2) is 8.42 Å².